The van der Waals surface area contributed by atoms with E-state index < -0.39 is 17.8 Å². The number of carbonyl (C=O) groups is 3. The quantitative estimate of drug-likeness (QED) is 0.536. The van der Waals surface area contributed by atoms with Gasteiger partial charge in [0.15, 0.2) is 6.61 Å². The van der Waals surface area contributed by atoms with Crippen LogP contribution in [-0.4, -0.2) is 31.0 Å². The molecule has 3 N–H and O–H groups in total. The first-order chi connectivity index (χ1) is 14.5. The number of esters is 1. The number of anilines is 1. The number of benzene rings is 2. The molecule has 3 rings (SSSR count). The van der Waals surface area contributed by atoms with E-state index in [4.69, 9.17) is 15.2 Å². The fourth-order valence-electron chi connectivity index (χ4n) is 2.74. The van der Waals surface area contributed by atoms with E-state index in [1.807, 2.05) is 30.3 Å². The number of nitrogens with two attached hydrogens (primary N) is 1. The number of carbonyl (C=O) groups excluding carboxylic acids is 3. The monoisotopic (exact) mass is 424 g/mol. The summed E-state index contributed by atoms with van der Waals surface area (Å²) >= 11 is 1.23. The van der Waals surface area contributed by atoms with Crippen LogP contribution in [0.1, 0.15) is 27.6 Å². The molecule has 0 aliphatic rings. The highest BCUT2D eigenvalue weighted by atomic mass is 32.1. The molecule has 0 fully saturated rings. The van der Waals surface area contributed by atoms with Crippen molar-refractivity contribution < 1.29 is 23.9 Å². The maximum absolute atomic E-state index is 12.5. The summed E-state index contributed by atoms with van der Waals surface area (Å²) in [6, 6.07) is 15.6. The molecule has 2 aromatic carbocycles. The highest BCUT2D eigenvalue weighted by Crippen LogP contribution is 2.36. The predicted octanol–water partition coefficient (Wildman–Crippen LogP) is 3.71. The SMILES string of the molecule is CCOC(=O)c1c(-c2ccccc2)csc1NC(=O)COc1cccc(C(N)=O)c1. The van der Waals surface area contributed by atoms with E-state index in [0.717, 1.165) is 5.56 Å². The summed E-state index contributed by atoms with van der Waals surface area (Å²) in [6.45, 7) is 1.64. The molecule has 0 unspecified atom stereocenters. The lowest BCUT2D eigenvalue weighted by atomic mass is 10.0. The smallest absolute Gasteiger partial charge is 0.341 e. The zero-order valence-electron chi connectivity index (χ0n) is 16.2. The summed E-state index contributed by atoms with van der Waals surface area (Å²) in [6.07, 6.45) is 0. The minimum Gasteiger partial charge on any atom is -0.484 e. The standard InChI is InChI=1S/C22H20N2O5S/c1-2-28-22(27)19-17(14-7-4-3-5-8-14)13-30-21(19)24-18(25)12-29-16-10-6-9-15(11-16)20(23)26/h3-11,13H,2,12H2,1H3,(H2,23,26)(H,24,25). The van der Waals surface area contributed by atoms with E-state index in [2.05, 4.69) is 5.32 Å². The lowest BCUT2D eigenvalue weighted by Gasteiger charge is -2.10. The zero-order chi connectivity index (χ0) is 21.5. The average molecular weight is 424 g/mol. The molecule has 154 valence electrons. The van der Waals surface area contributed by atoms with Gasteiger partial charge < -0.3 is 20.5 Å². The Hall–Kier alpha value is -3.65. The maximum atomic E-state index is 12.5. The molecule has 2 amide bonds. The molecule has 8 heteroatoms. The molecule has 0 bridgehead atoms. The Labute approximate surface area is 177 Å². The molecule has 0 saturated carbocycles. The van der Waals surface area contributed by atoms with Crippen molar-refractivity contribution in [3.63, 3.8) is 0 Å². The van der Waals surface area contributed by atoms with Crippen molar-refractivity contribution in [1.82, 2.24) is 0 Å². The molecular weight excluding hydrogens is 404 g/mol. The average Bonchev–Trinajstić information content (AvgIpc) is 3.17. The van der Waals surface area contributed by atoms with Gasteiger partial charge in [0.2, 0.25) is 5.91 Å². The molecule has 0 atom stereocenters. The molecule has 0 saturated heterocycles. The second-order valence-electron chi connectivity index (χ2n) is 6.17. The van der Waals surface area contributed by atoms with Gasteiger partial charge in [-0.05, 0) is 30.7 Å². The Morgan fingerprint density at radius 1 is 1.07 bits per heavy atom. The van der Waals surface area contributed by atoms with Crippen LogP contribution in [0.25, 0.3) is 11.1 Å². The van der Waals surface area contributed by atoms with Crippen molar-refractivity contribution in [3.8, 4) is 16.9 Å². The third-order valence-electron chi connectivity index (χ3n) is 4.10. The van der Waals surface area contributed by atoms with Gasteiger partial charge in [0.25, 0.3) is 5.91 Å². The Kier molecular flexibility index (Phi) is 6.82. The van der Waals surface area contributed by atoms with Gasteiger partial charge in [-0.15, -0.1) is 11.3 Å². The molecule has 0 spiro atoms. The van der Waals surface area contributed by atoms with Crippen LogP contribution in [0.2, 0.25) is 0 Å². The van der Waals surface area contributed by atoms with Gasteiger partial charge in [-0.1, -0.05) is 36.4 Å². The first kappa shape index (κ1) is 21.1. The van der Waals surface area contributed by atoms with Crippen LogP contribution >= 0.6 is 11.3 Å². The van der Waals surface area contributed by atoms with Gasteiger partial charge in [0.1, 0.15) is 16.3 Å². The van der Waals surface area contributed by atoms with E-state index in [9.17, 15) is 14.4 Å². The number of amides is 2. The summed E-state index contributed by atoms with van der Waals surface area (Å²) in [4.78, 5) is 36.2. The zero-order valence-corrected chi connectivity index (χ0v) is 17.0. The molecule has 1 aromatic heterocycles. The Bertz CT molecular complexity index is 1060. The summed E-state index contributed by atoms with van der Waals surface area (Å²) in [5.41, 5.74) is 7.36. The Morgan fingerprint density at radius 3 is 2.53 bits per heavy atom. The number of rotatable bonds is 8. The molecule has 1 heterocycles. The highest BCUT2D eigenvalue weighted by molar-refractivity contribution is 7.15. The molecule has 3 aromatic rings. The number of nitrogens with one attached hydrogen (secondary N) is 1. The first-order valence-corrected chi connectivity index (χ1v) is 10.0. The third-order valence-corrected chi connectivity index (χ3v) is 4.99. The predicted molar refractivity (Wildman–Crippen MR) is 115 cm³/mol. The van der Waals surface area contributed by atoms with E-state index in [1.54, 1.807) is 30.5 Å². The summed E-state index contributed by atoms with van der Waals surface area (Å²) in [5.74, 6) is -1.21. The third kappa shape index (κ3) is 5.03. The van der Waals surface area contributed by atoms with Gasteiger partial charge in [-0.3, -0.25) is 9.59 Å². The van der Waals surface area contributed by atoms with Gasteiger partial charge >= 0.3 is 5.97 Å². The van der Waals surface area contributed by atoms with Crippen LogP contribution in [0.15, 0.2) is 60.0 Å². The minimum absolute atomic E-state index is 0.218. The van der Waals surface area contributed by atoms with Crippen molar-refractivity contribution in [3.05, 3.63) is 71.1 Å². The topological polar surface area (TPSA) is 108 Å². The van der Waals surface area contributed by atoms with Gasteiger partial charge in [-0.2, -0.15) is 0 Å². The number of thiophene rings is 1. The van der Waals surface area contributed by atoms with Crippen LogP contribution in [0, 0.1) is 0 Å². The lowest BCUT2D eigenvalue weighted by Crippen LogP contribution is -2.21. The normalized spacial score (nSPS) is 10.3. The van der Waals surface area contributed by atoms with E-state index >= 15 is 0 Å². The van der Waals surface area contributed by atoms with E-state index in [-0.39, 0.29) is 18.8 Å². The largest absolute Gasteiger partial charge is 0.484 e. The van der Waals surface area contributed by atoms with Gasteiger partial charge in [0.05, 0.1) is 6.61 Å². The second-order valence-corrected chi connectivity index (χ2v) is 7.05. The van der Waals surface area contributed by atoms with Crippen LogP contribution in [-0.2, 0) is 9.53 Å². The van der Waals surface area contributed by atoms with Crippen molar-refractivity contribution in [2.45, 2.75) is 6.92 Å². The molecule has 7 nitrogen and oxygen atoms in total. The van der Waals surface area contributed by atoms with Crippen LogP contribution in [0.5, 0.6) is 5.75 Å². The number of hydrogen-bond donors (Lipinski definition) is 2. The minimum atomic E-state index is -0.587. The van der Waals surface area contributed by atoms with Crippen molar-refractivity contribution in [1.29, 1.82) is 0 Å². The summed E-state index contributed by atoms with van der Waals surface area (Å²) < 4.78 is 10.6. The van der Waals surface area contributed by atoms with Crippen molar-refractivity contribution in [2.24, 2.45) is 5.73 Å². The van der Waals surface area contributed by atoms with Crippen LogP contribution in [0.3, 0.4) is 0 Å². The Morgan fingerprint density at radius 2 is 1.83 bits per heavy atom. The second kappa shape index (κ2) is 9.71. The fraction of sp³-hybridized carbons (Fsp3) is 0.136. The number of primary amides is 1. The molecule has 0 aliphatic carbocycles. The van der Waals surface area contributed by atoms with Crippen molar-refractivity contribution >= 4 is 34.1 Å². The summed E-state index contributed by atoms with van der Waals surface area (Å²) in [7, 11) is 0. The molecule has 0 aliphatic heterocycles. The fourth-order valence-corrected chi connectivity index (χ4v) is 3.71. The van der Waals surface area contributed by atoms with Gasteiger partial charge in [-0.25, -0.2) is 4.79 Å². The molecule has 0 radical (unpaired) electrons. The maximum Gasteiger partial charge on any atom is 0.341 e. The van der Waals surface area contributed by atoms with Crippen LogP contribution < -0.4 is 15.8 Å². The van der Waals surface area contributed by atoms with Crippen LogP contribution in [0.4, 0.5) is 5.00 Å². The Balaban J connectivity index is 1.76. The highest BCUT2D eigenvalue weighted by Gasteiger charge is 2.22. The van der Waals surface area contributed by atoms with Gasteiger partial charge in [0, 0.05) is 16.5 Å². The first-order valence-electron chi connectivity index (χ1n) is 9.16. The molecular formula is C22H20N2O5S. The lowest BCUT2D eigenvalue weighted by molar-refractivity contribution is -0.118. The van der Waals surface area contributed by atoms with Crippen molar-refractivity contribution in [2.75, 3.05) is 18.5 Å². The number of ether oxygens (including phenoxy) is 2. The summed E-state index contributed by atoms with van der Waals surface area (Å²) in [5, 5.41) is 4.89. The molecule has 30 heavy (non-hydrogen) atoms. The van der Waals surface area contributed by atoms with E-state index in [1.165, 1.54) is 17.4 Å². The van der Waals surface area contributed by atoms with E-state index in [0.29, 0.717) is 21.9 Å². The number of hydrogen-bond acceptors (Lipinski definition) is 6.